The molecular formula is C14H21BrN2O2. The van der Waals surface area contributed by atoms with Crippen LogP contribution in [0.2, 0.25) is 0 Å². The first-order valence-electron chi connectivity index (χ1n) is 6.26. The molecule has 0 saturated carbocycles. The standard InChI is InChI=1S/C14H21BrN2O2/c1-8(2)13(16)14(18)17-9(3)10-5-6-12(19-4)11(15)7-10/h5-9,13H,16H2,1-4H3,(H,17,18). The van der Waals surface area contributed by atoms with E-state index >= 15 is 0 Å². The summed E-state index contributed by atoms with van der Waals surface area (Å²) in [5, 5.41) is 2.92. The smallest absolute Gasteiger partial charge is 0.237 e. The molecule has 0 bridgehead atoms. The summed E-state index contributed by atoms with van der Waals surface area (Å²) in [6, 6.07) is 5.15. The average Bonchev–Trinajstić information content (AvgIpc) is 2.37. The van der Waals surface area contributed by atoms with E-state index in [0.29, 0.717) is 0 Å². The van der Waals surface area contributed by atoms with Crippen molar-refractivity contribution in [3.05, 3.63) is 28.2 Å². The van der Waals surface area contributed by atoms with Crippen LogP contribution < -0.4 is 15.8 Å². The summed E-state index contributed by atoms with van der Waals surface area (Å²) < 4.78 is 6.04. The van der Waals surface area contributed by atoms with Crippen molar-refractivity contribution in [1.82, 2.24) is 5.32 Å². The highest BCUT2D eigenvalue weighted by Crippen LogP contribution is 2.27. The van der Waals surface area contributed by atoms with Crippen molar-refractivity contribution in [2.24, 2.45) is 11.7 Å². The zero-order chi connectivity index (χ0) is 14.6. The highest BCUT2D eigenvalue weighted by atomic mass is 79.9. The van der Waals surface area contributed by atoms with Crippen LogP contribution in [0.15, 0.2) is 22.7 Å². The van der Waals surface area contributed by atoms with E-state index < -0.39 is 6.04 Å². The molecule has 106 valence electrons. The second kappa shape index (κ2) is 6.91. The van der Waals surface area contributed by atoms with Gasteiger partial charge in [-0.1, -0.05) is 19.9 Å². The van der Waals surface area contributed by atoms with Crippen molar-refractivity contribution in [2.75, 3.05) is 7.11 Å². The van der Waals surface area contributed by atoms with Gasteiger partial charge in [0.1, 0.15) is 5.75 Å². The topological polar surface area (TPSA) is 64.3 Å². The number of nitrogens with one attached hydrogen (secondary N) is 1. The van der Waals surface area contributed by atoms with Crippen LogP contribution in [0.4, 0.5) is 0 Å². The maximum atomic E-state index is 11.9. The molecule has 1 aromatic rings. The van der Waals surface area contributed by atoms with E-state index in [9.17, 15) is 4.79 Å². The van der Waals surface area contributed by atoms with Crippen LogP contribution in [0.1, 0.15) is 32.4 Å². The van der Waals surface area contributed by atoms with Gasteiger partial charge in [0.2, 0.25) is 5.91 Å². The number of rotatable bonds is 5. The maximum Gasteiger partial charge on any atom is 0.237 e. The lowest BCUT2D eigenvalue weighted by Crippen LogP contribution is -2.44. The number of nitrogens with two attached hydrogens (primary N) is 1. The Morgan fingerprint density at radius 3 is 2.47 bits per heavy atom. The van der Waals surface area contributed by atoms with Crippen LogP contribution in [-0.2, 0) is 4.79 Å². The van der Waals surface area contributed by atoms with Gasteiger partial charge in [0.15, 0.2) is 0 Å². The van der Waals surface area contributed by atoms with Crippen LogP contribution in [0.25, 0.3) is 0 Å². The Morgan fingerprint density at radius 1 is 1.37 bits per heavy atom. The zero-order valence-corrected chi connectivity index (χ0v) is 13.3. The summed E-state index contributed by atoms with van der Waals surface area (Å²) in [7, 11) is 1.62. The number of benzene rings is 1. The molecule has 0 spiro atoms. The summed E-state index contributed by atoms with van der Waals surface area (Å²) in [4.78, 5) is 11.9. The Bertz CT molecular complexity index is 449. The molecule has 0 radical (unpaired) electrons. The van der Waals surface area contributed by atoms with Crippen LogP contribution in [0.5, 0.6) is 5.75 Å². The molecular weight excluding hydrogens is 308 g/mol. The lowest BCUT2D eigenvalue weighted by atomic mass is 10.0. The van der Waals surface area contributed by atoms with Crippen LogP contribution in [-0.4, -0.2) is 19.1 Å². The number of methoxy groups -OCH3 is 1. The summed E-state index contributed by atoms with van der Waals surface area (Å²) in [6.45, 7) is 5.79. The molecule has 1 aromatic carbocycles. The number of carbonyl (C=O) groups excluding carboxylic acids is 1. The van der Waals surface area contributed by atoms with E-state index in [2.05, 4.69) is 21.2 Å². The number of amides is 1. The maximum absolute atomic E-state index is 11.9. The molecule has 5 heteroatoms. The highest BCUT2D eigenvalue weighted by molar-refractivity contribution is 9.10. The Hall–Kier alpha value is -1.07. The van der Waals surface area contributed by atoms with E-state index in [1.807, 2.05) is 39.0 Å². The molecule has 2 atom stereocenters. The van der Waals surface area contributed by atoms with Gasteiger partial charge >= 0.3 is 0 Å². The van der Waals surface area contributed by atoms with Crippen molar-refractivity contribution in [1.29, 1.82) is 0 Å². The van der Waals surface area contributed by atoms with Crippen LogP contribution in [0, 0.1) is 5.92 Å². The second-order valence-corrected chi connectivity index (χ2v) is 5.75. The van der Waals surface area contributed by atoms with Crippen molar-refractivity contribution in [2.45, 2.75) is 32.9 Å². The summed E-state index contributed by atoms with van der Waals surface area (Å²) >= 11 is 3.43. The van der Waals surface area contributed by atoms with Gasteiger partial charge in [-0.3, -0.25) is 4.79 Å². The van der Waals surface area contributed by atoms with E-state index in [1.54, 1.807) is 7.11 Å². The molecule has 0 aromatic heterocycles. The molecule has 1 amide bonds. The minimum atomic E-state index is -0.482. The minimum Gasteiger partial charge on any atom is -0.496 e. The van der Waals surface area contributed by atoms with Gasteiger partial charge in [-0.2, -0.15) is 0 Å². The fourth-order valence-corrected chi connectivity index (χ4v) is 2.21. The van der Waals surface area contributed by atoms with Crippen molar-refractivity contribution >= 4 is 21.8 Å². The third-order valence-electron chi connectivity index (χ3n) is 3.06. The number of halogens is 1. The predicted molar refractivity (Wildman–Crippen MR) is 80.1 cm³/mol. The van der Waals surface area contributed by atoms with Crippen molar-refractivity contribution in [3.8, 4) is 5.75 Å². The number of ether oxygens (including phenoxy) is 1. The molecule has 1 rings (SSSR count). The summed E-state index contributed by atoms with van der Waals surface area (Å²) in [5.41, 5.74) is 6.82. The molecule has 2 unspecified atom stereocenters. The molecule has 0 aliphatic heterocycles. The monoisotopic (exact) mass is 328 g/mol. The van der Waals surface area contributed by atoms with Gasteiger partial charge < -0.3 is 15.8 Å². The fourth-order valence-electron chi connectivity index (χ4n) is 1.65. The van der Waals surface area contributed by atoms with E-state index in [-0.39, 0.29) is 17.9 Å². The third kappa shape index (κ3) is 4.21. The Labute approximate surface area is 122 Å². The van der Waals surface area contributed by atoms with Gasteiger partial charge in [0.05, 0.1) is 23.7 Å². The molecule has 0 heterocycles. The van der Waals surface area contributed by atoms with Gasteiger partial charge in [0.25, 0.3) is 0 Å². The average molecular weight is 329 g/mol. The molecule has 0 fully saturated rings. The first kappa shape index (κ1) is 16.0. The van der Waals surface area contributed by atoms with E-state index in [1.165, 1.54) is 0 Å². The van der Waals surface area contributed by atoms with Gasteiger partial charge in [0, 0.05) is 0 Å². The normalized spacial score (nSPS) is 14.1. The van der Waals surface area contributed by atoms with E-state index in [4.69, 9.17) is 10.5 Å². The van der Waals surface area contributed by atoms with Gasteiger partial charge in [-0.15, -0.1) is 0 Å². The van der Waals surface area contributed by atoms with Gasteiger partial charge in [-0.25, -0.2) is 0 Å². The SMILES string of the molecule is COc1ccc(C(C)NC(=O)C(N)C(C)C)cc1Br. The van der Waals surface area contributed by atoms with Crippen molar-refractivity contribution in [3.63, 3.8) is 0 Å². The lowest BCUT2D eigenvalue weighted by Gasteiger charge is -2.20. The minimum absolute atomic E-state index is 0.0977. The predicted octanol–water partition coefficient (Wildman–Crippen LogP) is 2.62. The first-order chi connectivity index (χ1) is 8.86. The summed E-state index contributed by atoms with van der Waals surface area (Å²) in [6.07, 6.45) is 0. The molecule has 19 heavy (non-hydrogen) atoms. The molecule has 3 N–H and O–H groups in total. The fraction of sp³-hybridized carbons (Fsp3) is 0.500. The Morgan fingerprint density at radius 2 is 2.00 bits per heavy atom. The summed E-state index contributed by atoms with van der Waals surface area (Å²) in [5.74, 6) is 0.755. The molecule has 0 aliphatic rings. The Balaban J connectivity index is 2.76. The van der Waals surface area contributed by atoms with Gasteiger partial charge in [-0.05, 0) is 46.5 Å². The first-order valence-corrected chi connectivity index (χ1v) is 7.05. The lowest BCUT2D eigenvalue weighted by molar-refractivity contribution is -0.123. The zero-order valence-electron chi connectivity index (χ0n) is 11.7. The highest BCUT2D eigenvalue weighted by Gasteiger charge is 2.19. The van der Waals surface area contributed by atoms with Crippen LogP contribution in [0.3, 0.4) is 0 Å². The number of carbonyl (C=O) groups is 1. The number of hydrogen-bond donors (Lipinski definition) is 2. The number of hydrogen-bond acceptors (Lipinski definition) is 3. The molecule has 0 saturated heterocycles. The molecule has 0 aliphatic carbocycles. The van der Waals surface area contributed by atoms with E-state index in [0.717, 1.165) is 15.8 Å². The second-order valence-electron chi connectivity index (χ2n) is 4.89. The van der Waals surface area contributed by atoms with Crippen LogP contribution >= 0.6 is 15.9 Å². The Kier molecular flexibility index (Phi) is 5.82. The third-order valence-corrected chi connectivity index (χ3v) is 3.68. The quantitative estimate of drug-likeness (QED) is 0.873. The largest absolute Gasteiger partial charge is 0.496 e. The van der Waals surface area contributed by atoms with Crippen molar-refractivity contribution < 1.29 is 9.53 Å². The molecule has 4 nitrogen and oxygen atoms in total.